The monoisotopic (exact) mass is 444 g/mol. The van der Waals surface area contributed by atoms with Gasteiger partial charge in [-0.3, -0.25) is 0 Å². The number of aromatic nitrogens is 2. The molecule has 1 N–H and O–H groups in total. The smallest absolute Gasteiger partial charge is 0.134 e. The average molecular weight is 445 g/mol. The molecule has 1 aromatic carbocycles. The number of aliphatic hydroxyl groups is 1. The Morgan fingerprint density at radius 3 is 2.50 bits per heavy atom. The van der Waals surface area contributed by atoms with Crippen LogP contribution in [0.4, 0.5) is 11.6 Å². The zero-order valence-electron chi connectivity index (χ0n) is 16.5. The Kier molecular flexibility index (Phi) is 6.16. The van der Waals surface area contributed by atoms with Crippen LogP contribution >= 0.6 is 15.9 Å². The molecule has 5 nitrogen and oxygen atoms in total. The van der Waals surface area contributed by atoms with E-state index in [1.165, 1.54) is 15.6 Å². The first-order valence-corrected chi connectivity index (χ1v) is 11.1. The summed E-state index contributed by atoms with van der Waals surface area (Å²) in [7, 11) is 0. The number of anilines is 2. The molecule has 2 fully saturated rings. The van der Waals surface area contributed by atoms with Crippen molar-refractivity contribution in [3.8, 4) is 0 Å². The van der Waals surface area contributed by atoms with Crippen LogP contribution in [0.15, 0.2) is 35.1 Å². The van der Waals surface area contributed by atoms with Crippen LogP contribution in [0.1, 0.15) is 42.7 Å². The summed E-state index contributed by atoms with van der Waals surface area (Å²) < 4.78 is 1.18. The molecule has 2 saturated heterocycles. The number of hydrogen-bond donors (Lipinski definition) is 1. The molecule has 150 valence electrons. The van der Waals surface area contributed by atoms with E-state index in [4.69, 9.17) is 0 Å². The molecule has 1 unspecified atom stereocenters. The largest absolute Gasteiger partial charge is 0.396 e. The Morgan fingerprint density at radius 2 is 1.79 bits per heavy atom. The molecular weight excluding hydrogens is 416 g/mol. The van der Waals surface area contributed by atoms with E-state index in [0.29, 0.717) is 11.8 Å². The third-order valence-corrected chi connectivity index (χ3v) is 7.10. The predicted octanol–water partition coefficient (Wildman–Crippen LogP) is 4.14. The highest BCUT2D eigenvalue weighted by Gasteiger charge is 2.24. The number of hydrogen-bond acceptors (Lipinski definition) is 5. The lowest BCUT2D eigenvalue weighted by atomic mass is 9.89. The van der Waals surface area contributed by atoms with Gasteiger partial charge >= 0.3 is 0 Å². The number of rotatable bonds is 4. The van der Waals surface area contributed by atoms with Crippen LogP contribution in [0.5, 0.6) is 0 Å². The fourth-order valence-corrected chi connectivity index (χ4v) is 4.72. The van der Waals surface area contributed by atoms with E-state index in [-0.39, 0.29) is 6.61 Å². The maximum Gasteiger partial charge on any atom is 0.134 e. The molecule has 2 aliphatic rings. The minimum atomic E-state index is 0.261. The van der Waals surface area contributed by atoms with Gasteiger partial charge in [-0.25, -0.2) is 9.97 Å². The van der Waals surface area contributed by atoms with Gasteiger partial charge in [0.25, 0.3) is 0 Å². The van der Waals surface area contributed by atoms with E-state index >= 15 is 0 Å². The summed E-state index contributed by atoms with van der Waals surface area (Å²) in [5.74, 6) is 3.00. The van der Waals surface area contributed by atoms with E-state index in [1.54, 1.807) is 6.33 Å². The second-order valence-electron chi connectivity index (χ2n) is 8.14. The second-order valence-corrected chi connectivity index (χ2v) is 9.00. The van der Waals surface area contributed by atoms with Gasteiger partial charge in [-0.1, -0.05) is 28.1 Å². The van der Waals surface area contributed by atoms with Gasteiger partial charge in [0.15, 0.2) is 0 Å². The van der Waals surface area contributed by atoms with Gasteiger partial charge < -0.3 is 14.9 Å². The van der Waals surface area contributed by atoms with E-state index in [0.717, 1.165) is 63.5 Å². The molecule has 0 spiro atoms. The summed E-state index contributed by atoms with van der Waals surface area (Å²) in [4.78, 5) is 13.8. The summed E-state index contributed by atoms with van der Waals surface area (Å²) in [5, 5.41) is 9.49. The maximum absolute atomic E-state index is 9.49. The molecule has 3 heterocycles. The van der Waals surface area contributed by atoms with Crippen LogP contribution < -0.4 is 9.80 Å². The van der Waals surface area contributed by atoms with Crippen LogP contribution in [0.3, 0.4) is 0 Å². The van der Waals surface area contributed by atoms with Crippen molar-refractivity contribution in [3.63, 3.8) is 0 Å². The zero-order valence-corrected chi connectivity index (χ0v) is 18.1. The minimum absolute atomic E-state index is 0.261. The molecule has 0 saturated carbocycles. The van der Waals surface area contributed by atoms with Crippen molar-refractivity contribution >= 4 is 27.6 Å². The molecule has 6 heteroatoms. The van der Waals surface area contributed by atoms with E-state index in [9.17, 15) is 5.11 Å². The van der Waals surface area contributed by atoms with Crippen molar-refractivity contribution in [1.29, 1.82) is 0 Å². The highest BCUT2D eigenvalue weighted by atomic mass is 79.9. The lowest BCUT2D eigenvalue weighted by Crippen LogP contribution is -2.38. The molecule has 0 radical (unpaired) electrons. The van der Waals surface area contributed by atoms with Crippen LogP contribution in [0, 0.1) is 12.8 Å². The zero-order chi connectivity index (χ0) is 19.5. The Labute approximate surface area is 175 Å². The number of halogens is 1. The molecule has 2 aromatic rings. The molecule has 1 aromatic heterocycles. The number of piperidine rings is 2. The lowest BCUT2D eigenvalue weighted by Gasteiger charge is -2.35. The number of benzene rings is 1. The first kappa shape index (κ1) is 19.6. The van der Waals surface area contributed by atoms with Crippen LogP contribution in [-0.4, -0.2) is 47.9 Å². The third-order valence-electron chi connectivity index (χ3n) is 6.21. The first-order valence-electron chi connectivity index (χ1n) is 10.3. The molecule has 0 amide bonds. The molecular formula is C22H29BrN4O. The molecule has 1 atom stereocenters. The van der Waals surface area contributed by atoms with Crippen molar-refractivity contribution in [2.75, 3.05) is 42.6 Å². The average Bonchev–Trinajstić information content (AvgIpc) is 2.76. The maximum atomic E-state index is 9.49. The van der Waals surface area contributed by atoms with Gasteiger partial charge in [-0.05, 0) is 61.6 Å². The highest BCUT2D eigenvalue weighted by Crippen LogP contribution is 2.32. The Morgan fingerprint density at radius 1 is 1.04 bits per heavy atom. The number of nitrogens with zero attached hydrogens (tertiary/aromatic N) is 4. The Hall–Kier alpha value is -1.66. The highest BCUT2D eigenvalue weighted by molar-refractivity contribution is 9.10. The van der Waals surface area contributed by atoms with Crippen molar-refractivity contribution in [1.82, 2.24) is 9.97 Å². The molecule has 28 heavy (non-hydrogen) atoms. The molecule has 2 aliphatic heterocycles. The van der Waals surface area contributed by atoms with E-state index in [1.807, 2.05) is 0 Å². The summed E-state index contributed by atoms with van der Waals surface area (Å²) in [6.45, 7) is 6.37. The number of aryl methyl sites for hydroxylation is 1. The van der Waals surface area contributed by atoms with Crippen LogP contribution in [0.2, 0.25) is 0 Å². The predicted molar refractivity (Wildman–Crippen MR) is 117 cm³/mol. The summed E-state index contributed by atoms with van der Waals surface area (Å²) >= 11 is 3.60. The second kappa shape index (κ2) is 8.78. The quantitative estimate of drug-likeness (QED) is 0.767. The normalized spacial score (nSPS) is 21.2. The SMILES string of the molecule is Cc1cc(C2CCN(c3cc(N4CCCC(CO)C4)ncn3)CC2)ccc1Br. The van der Waals surface area contributed by atoms with Crippen LogP contribution in [-0.2, 0) is 0 Å². The van der Waals surface area contributed by atoms with E-state index < -0.39 is 0 Å². The van der Waals surface area contributed by atoms with Crippen molar-refractivity contribution < 1.29 is 5.11 Å². The van der Waals surface area contributed by atoms with Gasteiger partial charge in [-0.2, -0.15) is 0 Å². The lowest BCUT2D eigenvalue weighted by molar-refractivity contribution is 0.208. The van der Waals surface area contributed by atoms with Gasteiger partial charge in [-0.15, -0.1) is 0 Å². The van der Waals surface area contributed by atoms with Gasteiger partial charge in [0.1, 0.15) is 18.0 Å². The Balaban J connectivity index is 1.41. The molecule has 4 rings (SSSR count). The van der Waals surface area contributed by atoms with Gasteiger partial charge in [0.2, 0.25) is 0 Å². The molecule has 0 bridgehead atoms. The third kappa shape index (κ3) is 4.33. The van der Waals surface area contributed by atoms with Crippen molar-refractivity contribution in [2.24, 2.45) is 5.92 Å². The fraction of sp³-hybridized carbons (Fsp3) is 0.545. The minimum Gasteiger partial charge on any atom is -0.396 e. The van der Waals surface area contributed by atoms with Gasteiger partial charge in [0.05, 0.1) is 0 Å². The summed E-state index contributed by atoms with van der Waals surface area (Å²) in [6.07, 6.45) is 6.21. The number of aliphatic hydroxyl groups excluding tert-OH is 1. The first-order chi connectivity index (χ1) is 13.6. The molecule has 0 aliphatic carbocycles. The van der Waals surface area contributed by atoms with Crippen LogP contribution in [0.25, 0.3) is 0 Å². The van der Waals surface area contributed by atoms with Crippen molar-refractivity contribution in [3.05, 3.63) is 46.2 Å². The standard InChI is InChI=1S/C22H29BrN4O/c1-16-11-19(4-5-20(16)23)18-6-9-26(10-7-18)21-12-22(25-15-24-21)27-8-2-3-17(13-27)14-28/h4-5,11-12,15,17-18,28H,2-3,6-10,13-14H2,1H3. The topological polar surface area (TPSA) is 52.5 Å². The Bertz CT molecular complexity index is 807. The fourth-order valence-electron chi connectivity index (χ4n) is 4.47. The summed E-state index contributed by atoms with van der Waals surface area (Å²) in [5.41, 5.74) is 2.76. The van der Waals surface area contributed by atoms with E-state index in [2.05, 4.69) is 66.9 Å². The van der Waals surface area contributed by atoms with Gasteiger partial charge in [0, 0.05) is 43.3 Å². The van der Waals surface area contributed by atoms with Crippen molar-refractivity contribution in [2.45, 2.75) is 38.5 Å². The summed E-state index contributed by atoms with van der Waals surface area (Å²) in [6, 6.07) is 8.88.